The first-order valence-electron chi connectivity index (χ1n) is 4.65. The van der Waals surface area contributed by atoms with Crippen LogP contribution >= 0.6 is 0 Å². The molecule has 0 saturated carbocycles. The van der Waals surface area contributed by atoms with Crippen molar-refractivity contribution < 1.29 is 8.42 Å². The second-order valence-electron chi connectivity index (χ2n) is 3.51. The van der Waals surface area contributed by atoms with Crippen LogP contribution in [0.5, 0.6) is 0 Å². The van der Waals surface area contributed by atoms with E-state index in [-0.39, 0.29) is 6.04 Å². The number of sulfone groups is 1. The zero-order valence-corrected chi connectivity index (χ0v) is 9.71. The molecule has 1 atom stereocenters. The summed E-state index contributed by atoms with van der Waals surface area (Å²) in [6.45, 7) is 0.665. The fourth-order valence-electron chi connectivity index (χ4n) is 1.30. The summed E-state index contributed by atoms with van der Waals surface area (Å²) in [4.78, 5) is 0.322. The smallest absolute Gasteiger partial charge is 0.175 e. The first-order chi connectivity index (χ1) is 6.95. The molecular formula is C10H16N2O2S. The van der Waals surface area contributed by atoms with Crippen molar-refractivity contribution in [2.45, 2.75) is 10.9 Å². The number of benzene rings is 1. The van der Waals surface area contributed by atoms with E-state index in [1.807, 2.05) is 7.05 Å². The van der Waals surface area contributed by atoms with E-state index in [1.54, 1.807) is 24.3 Å². The minimum absolute atomic E-state index is 0.108. The van der Waals surface area contributed by atoms with E-state index >= 15 is 0 Å². The van der Waals surface area contributed by atoms with Crippen LogP contribution in [-0.4, -0.2) is 28.3 Å². The van der Waals surface area contributed by atoms with Gasteiger partial charge in [0.05, 0.1) is 4.90 Å². The Morgan fingerprint density at radius 2 is 1.87 bits per heavy atom. The van der Waals surface area contributed by atoms with E-state index in [0.717, 1.165) is 5.56 Å². The molecule has 0 bridgehead atoms. The fraction of sp³-hybridized carbons (Fsp3) is 0.400. The van der Waals surface area contributed by atoms with Gasteiger partial charge in [-0.25, -0.2) is 8.42 Å². The third-order valence-electron chi connectivity index (χ3n) is 2.16. The molecule has 0 radical (unpaired) electrons. The molecule has 0 aliphatic carbocycles. The van der Waals surface area contributed by atoms with Gasteiger partial charge in [-0.05, 0) is 24.7 Å². The van der Waals surface area contributed by atoms with Gasteiger partial charge in [0, 0.05) is 18.8 Å². The Labute approximate surface area is 90.4 Å². The van der Waals surface area contributed by atoms with E-state index in [0.29, 0.717) is 11.4 Å². The second kappa shape index (κ2) is 4.74. The Bertz CT molecular complexity index is 412. The summed E-state index contributed by atoms with van der Waals surface area (Å²) in [6.07, 6.45) is 1.19. The zero-order chi connectivity index (χ0) is 11.5. The minimum atomic E-state index is -3.11. The normalized spacial score (nSPS) is 13.8. The highest BCUT2D eigenvalue weighted by atomic mass is 32.2. The molecule has 0 saturated heterocycles. The summed E-state index contributed by atoms with van der Waals surface area (Å²) < 4.78 is 22.4. The second-order valence-corrected chi connectivity index (χ2v) is 5.52. The van der Waals surface area contributed by atoms with Crippen LogP contribution in [0.2, 0.25) is 0 Å². The molecule has 84 valence electrons. The predicted molar refractivity (Wildman–Crippen MR) is 60.4 cm³/mol. The van der Waals surface area contributed by atoms with Crippen LogP contribution in [0, 0.1) is 0 Å². The van der Waals surface area contributed by atoms with Crippen LogP contribution in [-0.2, 0) is 9.84 Å². The quantitative estimate of drug-likeness (QED) is 0.778. The summed E-state index contributed by atoms with van der Waals surface area (Å²) in [5, 5.41) is 2.97. The van der Waals surface area contributed by atoms with Gasteiger partial charge < -0.3 is 11.1 Å². The standard InChI is InChI=1S/C10H16N2O2S/c1-12-7-10(11)8-3-5-9(6-4-8)15(2,13)14/h3-6,10,12H,7,11H2,1-2H3. The molecule has 0 aliphatic heterocycles. The molecule has 0 aromatic heterocycles. The lowest BCUT2D eigenvalue weighted by Gasteiger charge is -2.11. The molecule has 1 rings (SSSR count). The van der Waals surface area contributed by atoms with Crippen LogP contribution in [0.25, 0.3) is 0 Å². The third kappa shape index (κ3) is 3.30. The monoisotopic (exact) mass is 228 g/mol. The Hall–Kier alpha value is -0.910. The van der Waals surface area contributed by atoms with Crippen molar-refractivity contribution in [2.75, 3.05) is 19.8 Å². The number of hydrogen-bond acceptors (Lipinski definition) is 4. The molecule has 5 heteroatoms. The third-order valence-corrected chi connectivity index (χ3v) is 3.29. The van der Waals surface area contributed by atoms with Crippen LogP contribution in [0.4, 0.5) is 0 Å². The van der Waals surface area contributed by atoms with Gasteiger partial charge >= 0.3 is 0 Å². The number of likely N-dealkylation sites (N-methyl/N-ethyl adjacent to an activating group) is 1. The highest BCUT2D eigenvalue weighted by Crippen LogP contribution is 2.14. The lowest BCUT2D eigenvalue weighted by Crippen LogP contribution is -2.23. The molecule has 3 N–H and O–H groups in total. The van der Waals surface area contributed by atoms with Crippen LogP contribution in [0.15, 0.2) is 29.2 Å². The average molecular weight is 228 g/mol. The topological polar surface area (TPSA) is 72.2 Å². The minimum Gasteiger partial charge on any atom is -0.323 e. The molecule has 1 aromatic carbocycles. The van der Waals surface area contributed by atoms with Crippen molar-refractivity contribution in [2.24, 2.45) is 5.73 Å². The van der Waals surface area contributed by atoms with Crippen LogP contribution < -0.4 is 11.1 Å². The maximum absolute atomic E-state index is 11.2. The largest absolute Gasteiger partial charge is 0.323 e. The van der Waals surface area contributed by atoms with Gasteiger partial charge in [0.25, 0.3) is 0 Å². The van der Waals surface area contributed by atoms with E-state index in [9.17, 15) is 8.42 Å². The van der Waals surface area contributed by atoms with Gasteiger partial charge in [0.15, 0.2) is 9.84 Å². The Balaban J connectivity index is 2.90. The fourth-order valence-corrected chi connectivity index (χ4v) is 1.93. The van der Waals surface area contributed by atoms with E-state index in [1.165, 1.54) is 6.26 Å². The SMILES string of the molecule is CNCC(N)c1ccc(S(C)(=O)=O)cc1. The number of hydrogen-bond donors (Lipinski definition) is 2. The van der Waals surface area contributed by atoms with Crippen molar-refractivity contribution in [1.29, 1.82) is 0 Å². The van der Waals surface area contributed by atoms with Gasteiger partial charge in [-0.2, -0.15) is 0 Å². The molecule has 1 unspecified atom stereocenters. The summed E-state index contributed by atoms with van der Waals surface area (Å²) in [5.41, 5.74) is 6.78. The number of rotatable bonds is 4. The molecule has 4 nitrogen and oxygen atoms in total. The molecular weight excluding hydrogens is 212 g/mol. The Morgan fingerprint density at radius 1 is 1.33 bits per heavy atom. The highest BCUT2D eigenvalue weighted by Gasteiger charge is 2.08. The van der Waals surface area contributed by atoms with Crippen molar-refractivity contribution in [3.63, 3.8) is 0 Å². The highest BCUT2D eigenvalue weighted by molar-refractivity contribution is 7.90. The van der Waals surface area contributed by atoms with Gasteiger partial charge in [0.1, 0.15) is 0 Å². The molecule has 15 heavy (non-hydrogen) atoms. The molecule has 0 aliphatic rings. The summed E-state index contributed by atoms with van der Waals surface area (Å²) >= 11 is 0. The molecule has 0 heterocycles. The van der Waals surface area contributed by atoms with Crippen molar-refractivity contribution in [3.8, 4) is 0 Å². The van der Waals surface area contributed by atoms with Gasteiger partial charge in [-0.1, -0.05) is 12.1 Å². The molecule has 0 fully saturated rings. The number of nitrogens with two attached hydrogens (primary N) is 1. The lowest BCUT2D eigenvalue weighted by molar-refractivity contribution is 0.601. The Morgan fingerprint density at radius 3 is 2.27 bits per heavy atom. The predicted octanol–water partition coefficient (Wildman–Crippen LogP) is 0.309. The van der Waals surface area contributed by atoms with Crippen LogP contribution in [0.1, 0.15) is 11.6 Å². The van der Waals surface area contributed by atoms with Gasteiger partial charge in [0.2, 0.25) is 0 Å². The molecule has 0 spiro atoms. The summed E-state index contributed by atoms with van der Waals surface area (Å²) in [7, 11) is -1.29. The average Bonchev–Trinajstić information content (AvgIpc) is 2.17. The van der Waals surface area contributed by atoms with E-state index in [2.05, 4.69) is 5.32 Å². The molecule has 1 aromatic rings. The van der Waals surface area contributed by atoms with E-state index < -0.39 is 9.84 Å². The maximum Gasteiger partial charge on any atom is 0.175 e. The van der Waals surface area contributed by atoms with E-state index in [4.69, 9.17) is 5.73 Å². The van der Waals surface area contributed by atoms with Crippen molar-refractivity contribution in [1.82, 2.24) is 5.32 Å². The van der Waals surface area contributed by atoms with Gasteiger partial charge in [-0.15, -0.1) is 0 Å². The molecule has 0 amide bonds. The Kier molecular flexibility index (Phi) is 3.84. The number of nitrogens with one attached hydrogen (secondary N) is 1. The van der Waals surface area contributed by atoms with Crippen molar-refractivity contribution in [3.05, 3.63) is 29.8 Å². The first kappa shape index (κ1) is 12.2. The van der Waals surface area contributed by atoms with Crippen molar-refractivity contribution >= 4 is 9.84 Å². The van der Waals surface area contributed by atoms with Gasteiger partial charge in [-0.3, -0.25) is 0 Å². The van der Waals surface area contributed by atoms with Crippen LogP contribution in [0.3, 0.4) is 0 Å². The summed E-state index contributed by atoms with van der Waals surface area (Å²) in [6, 6.07) is 6.56. The maximum atomic E-state index is 11.2. The lowest BCUT2D eigenvalue weighted by atomic mass is 10.1. The zero-order valence-electron chi connectivity index (χ0n) is 8.90. The first-order valence-corrected chi connectivity index (χ1v) is 6.54. The summed E-state index contributed by atoms with van der Waals surface area (Å²) in [5.74, 6) is 0.